The van der Waals surface area contributed by atoms with Crippen LogP contribution in [0.25, 0.3) is 0 Å². The van der Waals surface area contributed by atoms with Gasteiger partial charge in [-0.25, -0.2) is 0 Å². The van der Waals surface area contributed by atoms with Crippen molar-refractivity contribution >= 4 is 17.3 Å². The summed E-state index contributed by atoms with van der Waals surface area (Å²) in [5.74, 6) is 1.23. The first kappa shape index (κ1) is 21.4. The van der Waals surface area contributed by atoms with Crippen LogP contribution < -0.4 is 19.7 Å². The molecule has 2 aromatic rings. The number of para-hydroxylation sites is 2. The van der Waals surface area contributed by atoms with Crippen molar-refractivity contribution in [3.8, 4) is 11.5 Å². The second kappa shape index (κ2) is 9.47. The molecule has 1 atom stereocenters. The zero-order valence-electron chi connectivity index (χ0n) is 17.5. The molecule has 1 fully saturated rings. The summed E-state index contributed by atoms with van der Waals surface area (Å²) < 4.78 is 10.7. The maximum absolute atomic E-state index is 12.8. The van der Waals surface area contributed by atoms with Crippen molar-refractivity contribution in [3.63, 3.8) is 0 Å². The van der Waals surface area contributed by atoms with E-state index >= 15 is 0 Å². The van der Waals surface area contributed by atoms with Gasteiger partial charge in [-0.3, -0.25) is 14.9 Å². The van der Waals surface area contributed by atoms with Gasteiger partial charge in [0.15, 0.2) is 0 Å². The molecule has 2 aromatic carbocycles. The van der Waals surface area contributed by atoms with E-state index in [0.29, 0.717) is 43.1 Å². The molecule has 1 aliphatic rings. The molecule has 1 amide bonds. The van der Waals surface area contributed by atoms with Crippen LogP contribution in [0.5, 0.6) is 11.5 Å². The normalized spacial score (nSPS) is 15.4. The maximum atomic E-state index is 12.8. The molecule has 8 heteroatoms. The molecule has 8 nitrogen and oxygen atoms in total. The van der Waals surface area contributed by atoms with Crippen LogP contribution in [-0.4, -0.2) is 38.1 Å². The quantitative estimate of drug-likeness (QED) is 0.549. The van der Waals surface area contributed by atoms with Crippen LogP contribution in [-0.2, 0) is 4.79 Å². The highest BCUT2D eigenvalue weighted by Gasteiger charge is 2.29. The van der Waals surface area contributed by atoms with Gasteiger partial charge in [0.2, 0.25) is 5.91 Å². The lowest BCUT2D eigenvalue weighted by Gasteiger charge is -2.33. The summed E-state index contributed by atoms with van der Waals surface area (Å²) in [7, 11) is 3.19. The number of anilines is 1. The van der Waals surface area contributed by atoms with Crippen LogP contribution in [0.15, 0.2) is 42.5 Å². The van der Waals surface area contributed by atoms with Crippen LogP contribution in [0.3, 0.4) is 0 Å². The largest absolute Gasteiger partial charge is 0.497 e. The van der Waals surface area contributed by atoms with E-state index in [0.717, 1.165) is 5.56 Å². The fourth-order valence-corrected chi connectivity index (χ4v) is 3.86. The summed E-state index contributed by atoms with van der Waals surface area (Å²) in [5, 5.41) is 14.4. The monoisotopic (exact) mass is 413 g/mol. The molecule has 1 heterocycles. The number of amides is 1. The number of benzene rings is 2. The first-order chi connectivity index (χ1) is 14.4. The number of hydrogen-bond donors (Lipinski definition) is 1. The molecule has 0 unspecified atom stereocenters. The third-order valence-corrected chi connectivity index (χ3v) is 5.55. The molecule has 30 heavy (non-hydrogen) atoms. The molecule has 0 saturated carbocycles. The summed E-state index contributed by atoms with van der Waals surface area (Å²) >= 11 is 0. The number of rotatable bonds is 7. The highest BCUT2D eigenvalue weighted by molar-refractivity contribution is 5.79. The smallest absolute Gasteiger partial charge is 0.292 e. The summed E-state index contributed by atoms with van der Waals surface area (Å²) in [4.78, 5) is 25.7. The lowest BCUT2D eigenvalue weighted by Crippen LogP contribution is -2.41. The zero-order valence-corrected chi connectivity index (χ0v) is 17.5. The lowest BCUT2D eigenvalue weighted by atomic mass is 9.94. The van der Waals surface area contributed by atoms with Crippen molar-refractivity contribution in [2.75, 3.05) is 32.2 Å². The Labute approximate surface area is 175 Å². The number of methoxy groups -OCH3 is 2. The standard InChI is InChI=1S/C22H27N3O5/c1-15(18-14-17(29-2)8-9-21(18)30-3)23-22(26)16-10-12-24(13-11-16)19-6-4-5-7-20(19)25(27)28/h4-9,14-16H,10-13H2,1-3H3,(H,23,26)/t15-/m0/s1. The van der Waals surface area contributed by atoms with Crippen LogP contribution >= 0.6 is 0 Å². The third kappa shape index (κ3) is 4.64. The first-order valence-corrected chi connectivity index (χ1v) is 9.95. The Kier molecular flexibility index (Phi) is 6.76. The molecule has 1 aliphatic heterocycles. The number of carbonyl (C=O) groups is 1. The highest BCUT2D eigenvalue weighted by Crippen LogP contribution is 2.32. The number of nitrogens with zero attached hydrogens (tertiary/aromatic N) is 2. The van der Waals surface area contributed by atoms with Gasteiger partial charge >= 0.3 is 0 Å². The minimum absolute atomic E-state index is 0.0189. The predicted octanol–water partition coefficient (Wildman–Crippen LogP) is 3.71. The molecule has 0 aliphatic carbocycles. The van der Waals surface area contributed by atoms with Gasteiger partial charge in [0.05, 0.1) is 25.2 Å². The van der Waals surface area contributed by atoms with Crippen molar-refractivity contribution in [3.05, 3.63) is 58.1 Å². The number of piperidine rings is 1. The van der Waals surface area contributed by atoms with E-state index in [9.17, 15) is 14.9 Å². The third-order valence-electron chi connectivity index (χ3n) is 5.55. The van der Waals surface area contributed by atoms with E-state index in [2.05, 4.69) is 5.32 Å². The molecule has 160 valence electrons. The predicted molar refractivity (Wildman–Crippen MR) is 114 cm³/mol. The minimum Gasteiger partial charge on any atom is -0.497 e. The SMILES string of the molecule is COc1ccc(OC)c([C@H](C)NC(=O)C2CCN(c3ccccc3[N+](=O)[O-])CC2)c1. The topological polar surface area (TPSA) is 93.9 Å². The van der Waals surface area contributed by atoms with Gasteiger partial charge in [-0.15, -0.1) is 0 Å². The van der Waals surface area contributed by atoms with Gasteiger partial charge in [0.25, 0.3) is 5.69 Å². The molecule has 1 N–H and O–H groups in total. The molecular formula is C22H27N3O5. The fourth-order valence-electron chi connectivity index (χ4n) is 3.86. The summed E-state index contributed by atoms with van der Waals surface area (Å²) in [6.45, 7) is 3.11. The molecule has 3 rings (SSSR count). The van der Waals surface area contributed by atoms with E-state index in [-0.39, 0.29) is 28.5 Å². The second-order valence-corrected chi connectivity index (χ2v) is 7.35. The summed E-state index contributed by atoms with van der Waals surface area (Å²) in [6.07, 6.45) is 1.28. The van der Waals surface area contributed by atoms with Crippen molar-refractivity contribution in [2.45, 2.75) is 25.8 Å². The maximum Gasteiger partial charge on any atom is 0.292 e. The van der Waals surface area contributed by atoms with Gasteiger partial charge in [-0.05, 0) is 44.0 Å². The first-order valence-electron chi connectivity index (χ1n) is 9.95. The highest BCUT2D eigenvalue weighted by atomic mass is 16.6. The average molecular weight is 413 g/mol. The van der Waals surface area contributed by atoms with Crippen LogP contribution in [0.1, 0.15) is 31.4 Å². The molecule has 0 bridgehead atoms. The Balaban J connectivity index is 1.63. The van der Waals surface area contributed by atoms with E-state index in [4.69, 9.17) is 9.47 Å². The Morgan fingerprint density at radius 1 is 1.17 bits per heavy atom. The van der Waals surface area contributed by atoms with E-state index in [1.54, 1.807) is 32.4 Å². The summed E-state index contributed by atoms with van der Waals surface area (Å²) in [6, 6.07) is 12.0. The average Bonchev–Trinajstić information content (AvgIpc) is 2.78. The van der Waals surface area contributed by atoms with Crippen molar-refractivity contribution in [1.82, 2.24) is 5.32 Å². The van der Waals surface area contributed by atoms with Crippen LogP contribution in [0.2, 0.25) is 0 Å². The molecule has 0 radical (unpaired) electrons. The van der Waals surface area contributed by atoms with Gasteiger partial charge < -0.3 is 19.7 Å². The van der Waals surface area contributed by atoms with Crippen LogP contribution in [0, 0.1) is 16.0 Å². The zero-order chi connectivity index (χ0) is 21.7. The number of hydrogen-bond acceptors (Lipinski definition) is 6. The minimum atomic E-state index is -0.364. The van der Waals surface area contributed by atoms with Gasteiger partial charge in [-0.1, -0.05) is 12.1 Å². The lowest BCUT2D eigenvalue weighted by molar-refractivity contribution is -0.384. The molecule has 0 spiro atoms. The number of nitrogens with one attached hydrogen (secondary N) is 1. The van der Waals surface area contributed by atoms with E-state index in [1.807, 2.05) is 30.0 Å². The molecule has 1 saturated heterocycles. The number of ether oxygens (including phenoxy) is 2. The van der Waals surface area contributed by atoms with Crippen LogP contribution in [0.4, 0.5) is 11.4 Å². The Morgan fingerprint density at radius 2 is 1.87 bits per heavy atom. The number of carbonyl (C=O) groups excluding carboxylic acids is 1. The Hall–Kier alpha value is -3.29. The van der Waals surface area contributed by atoms with Crippen molar-refractivity contribution in [1.29, 1.82) is 0 Å². The van der Waals surface area contributed by atoms with Gasteiger partial charge in [0.1, 0.15) is 17.2 Å². The second-order valence-electron chi connectivity index (χ2n) is 7.35. The number of nitro benzene ring substituents is 1. The molecule has 0 aromatic heterocycles. The summed E-state index contributed by atoms with van der Waals surface area (Å²) in [5.41, 5.74) is 1.55. The van der Waals surface area contributed by atoms with E-state index in [1.165, 1.54) is 6.07 Å². The Morgan fingerprint density at radius 3 is 2.50 bits per heavy atom. The van der Waals surface area contributed by atoms with E-state index < -0.39 is 0 Å². The Bertz CT molecular complexity index is 909. The molecular weight excluding hydrogens is 386 g/mol. The van der Waals surface area contributed by atoms with Crippen molar-refractivity contribution < 1.29 is 19.2 Å². The fraction of sp³-hybridized carbons (Fsp3) is 0.409. The van der Waals surface area contributed by atoms with Gasteiger partial charge in [0, 0.05) is 30.6 Å². The number of nitro groups is 1. The van der Waals surface area contributed by atoms with Gasteiger partial charge in [-0.2, -0.15) is 0 Å². The van der Waals surface area contributed by atoms with Crippen molar-refractivity contribution in [2.24, 2.45) is 5.92 Å².